The zero-order valence-corrected chi connectivity index (χ0v) is 32.4. The van der Waals surface area contributed by atoms with E-state index >= 15 is 0 Å². The molecular formula is C51H42N4Si. The van der Waals surface area contributed by atoms with Crippen molar-refractivity contribution in [3.8, 4) is 39.2 Å². The van der Waals surface area contributed by atoms with E-state index in [1.807, 2.05) is 30.5 Å². The van der Waals surface area contributed by atoms with E-state index in [2.05, 4.69) is 180 Å². The second-order valence-electron chi connectivity index (χ2n) is 15.1. The molecule has 1 aliphatic heterocycles. The predicted molar refractivity (Wildman–Crippen MR) is 240 cm³/mol. The van der Waals surface area contributed by atoms with Crippen LogP contribution in [0, 0.1) is 0 Å². The molecule has 0 aliphatic carbocycles. The molecule has 4 nitrogen and oxygen atoms in total. The standard InChI is InChI=1S/C51H42N4Si/c1-53-35-54(48-27-13-12-26-47(48)53)39-20-14-21-40(33-39)56(2,3)41-28-29-45-44-22-10-11-25-46(44)55(49(45)34-41)50-32-38(30-31-52-50)51-42(36-16-6-4-7-17-36)23-15-24-43(51)37-18-8-5-9-19-37/h4-34H,35H2,1-3H3/i1D3. The first-order chi connectivity index (χ1) is 28.7. The minimum atomic E-state index is -2.31. The fourth-order valence-electron chi connectivity index (χ4n) is 8.55. The average molecular weight is 742 g/mol. The van der Waals surface area contributed by atoms with Crippen molar-refractivity contribution < 1.29 is 4.11 Å². The fourth-order valence-corrected chi connectivity index (χ4v) is 10.9. The zero-order chi connectivity index (χ0) is 40.3. The summed E-state index contributed by atoms with van der Waals surface area (Å²) < 4.78 is 27.0. The van der Waals surface area contributed by atoms with Gasteiger partial charge in [-0.05, 0) is 81.9 Å². The normalized spacial score (nSPS) is 13.8. The van der Waals surface area contributed by atoms with E-state index in [4.69, 9.17) is 9.10 Å². The minimum absolute atomic E-state index is 0.266. The van der Waals surface area contributed by atoms with E-state index in [9.17, 15) is 0 Å². The van der Waals surface area contributed by atoms with Crippen LogP contribution in [0.25, 0.3) is 61.0 Å². The largest absolute Gasteiger partial charge is 0.355 e. The van der Waals surface area contributed by atoms with Crippen LogP contribution in [0.2, 0.25) is 13.1 Å². The summed E-state index contributed by atoms with van der Waals surface area (Å²) in [6.07, 6.45) is 1.94. The third kappa shape index (κ3) is 5.62. The summed E-state index contributed by atoms with van der Waals surface area (Å²) in [6.45, 7) is 2.82. The molecule has 0 saturated carbocycles. The van der Waals surface area contributed by atoms with Crippen LogP contribution in [-0.4, -0.2) is 31.3 Å². The number of rotatable bonds is 7. The number of nitrogens with zero attached hydrogens (tertiary/aromatic N) is 4. The fraction of sp³-hybridized carbons (Fsp3) is 0.0784. The van der Waals surface area contributed by atoms with Crippen molar-refractivity contribution in [1.82, 2.24) is 9.55 Å². The lowest BCUT2D eigenvalue weighted by Crippen LogP contribution is -2.53. The molecule has 56 heavy (non-hydrogen) atoms. The van der Waals surface area contributed by atoms with E-state index < -0.39 is 15.0 Å². The molecule has 3 heterocycles. The molecule has 10 rings (SSSR count). The molecule has 0 bridgehead atoms. The van der Waals surface area contributed by atoms with Gasteiger partial charge in [0.25, 0.3) is 0 Å². The average Bonchev–Trinajstić information content (AvgIpc) is 3.84. The zero-order valence-electron chi connectivity index (χ0n) is 34.4. The van der Waals surface area contributed by atoms with Gasteiger partial charge in [0.15, 0.2) is 0 Å². The van der Waals surface area contributed by atoms with Gasteiger partial charge in [-0.2, -0.15) is 0 Å². The highest BCUT2D eigenvalue weighted by molar-refractivity contribution is 7.00. The quantitative estimate of drug-likeness (QED) is 0.152. The van der Waals surface area contributed by atoms with E-state index in [0.29, 0.717) is 0 Å². The Morgan fingerprint density at radius 1 is 0.536 bits per heavy atom. The molecule has 0 radical (unpaired) electrons. The van der Waals surface area contributed by atoms with Gasteiger partial charge in [0.2, 0.25) is 0 Å². The smallest absolute Gasteiger partial charge is 0.138 e. The molecule has 0 unspecified atom stereocenters. The van der Waals surface area contributed by atoms with Gasteiger partial charge in [-0.15, -0.1) is 0 Å². The van der Waals surface area contributed by atoms with Crippen LogP contribution in [0.3, 0.4) is 0 Å². The molecular weight excluding hydrogens is 697 g/mol. The Bertz CT molecular complexity index is 2950. The number of anilines is 3. The van der Waals surface area contributed by atoms with Crippen molar-refractivity contribution in [3.63, 3.8) is 0 Å². The Morgan fingerprint density at radius 2 is 1.18 bits per heavy atom. The van der Waals surface area contributed by atoms with Gasteiger partial charge in [-0.3, -0.25) is 4.57 Å². The SMILES string of the molecule is [2H]C([2H])([2H])N1CN(c2cccc([Si](C)(C)c3ccc4c5ccccc5n(-c5cc(-c6c(-c7ccccc7)cccc6-c6ccccc6)ccn5)c4c3)c2)c2ccccc21. The molecule has 0 amide bonds. The number of hydrogen-bond donors (Lipinski definition) is 0. The van der Waals surface area contributed by atoms with Crippen molar-refractivity contribution in [2.45, 2.75) is 13.1 Å². The monoisotopic (exact) mass is 741 g/mol. The summed E-state index contributed by atoms with van der Waals surface area (Å²) in [7, 11) is -2.31. The molecule has 0 fully saturated rings. The van der Waals surface area contributed by atoms with Crippen molar-refractivity contribution in [2.75, 3.05) is 23.4 Å². The van der Waals surface area contributed by atoms with Crippen LogP contribution in [-0.2, 0) is 0 Å². The predicted octanol–water partition coefficient (Wildman–Crippen LogP) is 11.5. The van der Waals surface area contributed by atoms with E-state index in [1.54, 1.807) is 0 Å². The summed E-state index contributed by atoms with van der Waals surface area (Å²) in [4.78, 5) is 8.71. The summed E-state index contributed by atoms with van der Waals surface area (Å²) in [5, 5.41) is 4.94. The first-order valence-electron chi connectivity index (χ1n) is 20.7. The van der Waals surface area contributed by atoms with Gasteiger partial charge >= 0.3 is 0 Å². The molecule has 2 aromatic heterocycles. The number of fused-ring (bicyclic) bond motifs is 4. The highest BCUT2D eigenvalue weighted by Crippen LogP contribution is 2.42. The minimum Gasteiger partial charge on any atom is -0.355 e. The molecule has 270 valence electrons. The molecule has 0 saturated heterocycles. The second kappa shape index (κ2) is 13.6. The molecule has 5 heteroatoms. The van der Waals surface area contributed by atoms with Crippen LogP contribution in [0.5, 0.6) is 0 Å². The Morgan fingerprint density at radius 3 is 1.93 bits per heavy atom. The molecule has 0 atom stereocenters. The molecule has 0 N–H and O–H groups in total. The van der Waals surface area contributed by atoms with Crippen LogP contribution in [0.1, 0.15) is 4.11 Å². The Kier molecular flexibility index (Phi) is 7.41. The highest BCUT2D eigenvalue weighted by Gasteiger charge is 2.30. The summed E-state index contributed by atoms with van der Waals surface area (Å²) in [5.41, 5.74) is 11.8. The van der Waals surface area contributed by atoms with E-state index in [-0.39, 0.29) is 6.67 Å². The number of aromatic nitrogens is 2. The van der Waals surface area contributed by atoms with Crippen LogP contribution in [0.4, 0.5) is 17.1 Å². The van der Waals surface area contributed by atoms with Crippen molar-refractivity contribution in [3.05, 3.63) is 188 Å². The van der Waals surface area contributed by atoms with Crippen LogP contribution < -0.4 is 20.2 Å². The van der Waals surface area contributed by atoms with Gasteiger partial charge in [-0.25, -0.2) is 4.98 Å². The number of benzene rings is 7. The third-order valence-corrected chi connectivity index (χ3v) is 15.0. The molecule has 7 aromatic carbocycles. The highest BCUT2D eigenvalue weighted by atomic mass is 28.3. The van der Waals surface area contributed by atoms with Gasteiger partial charge in [0.1, 0.15) is 13.9 Å². The van der Waals surface area contributed by atoms with E-state index in [1.165, 1.54) is 53.9 Å². The van der Waals surface area contributed by atoms with Crippen LogP contribution in [0.15, 0.2) is 188 Å². The lowest BCUT2D eigenvalue weighted by molar-refractivity contribution is 0.950. The van der Waals surface area contributed by atoms with Crippen molar-refractivity contribution in [2.24, 2.45) is 0 Å². The number of hydrogen-bond acceptors (Lipinski definition) is 3. The van der Waals surface area contributed by atoms with Gasteiger partial charge in [0, 0.05) is 33.7 Å². The number of pyridine rings is 1. The molecule has 0 spiro atoms. The summed E-state index contributed by atoms with van der Waals surface area (Å²) in [5.74, 6) is 0.862. The lowest BCUT2D eigenvalue weighted by Gasteiger charge is -2.27. The first kappa shape index (κ1) is 30.6. The summed E-state index contributed by atoms with van der Waals surface area (Å²) >= 11 is 0. The van der Waals surface area contributed by atoms with E-state index in [0.717, 1.165) is 39.5 Å². The second-order valence-corrected chi connectivity index (χ2v) is 19.5. The Labute approximate surface area is 333 Å². The molecule has 1 aliphatic rings. The van der Waals surface area contributed by atoms with Crippen molar-refractivity contribution in [1.29, 1.82) is 0 Å². The third-order valence-electron chi connectivity index (χ3n) is 11.5. The molecule has 9 aromatic rings. The Balaban J connectivity index is 1.10. The maximum atomic E-state index is 8.23. The Hall–Kier alpha value is -6.69. The maximum Gasteiger partial charge on any atom is 0.138 e. The first-order valence-corrected chi connectivity index (χ1v) is 22.2. The number of para-hydroxylation sites is 3. The van der Waals surface area contributed by atoms with Crippen molar-refractivity contribution >= 4 is 57.3 Å². The summed E-state index contributed by atoms with van der Waals surface area (Å²) in [6, 6.07) is 64.3. The van der Waals surface area contributed by atoms with Gasteiger partial charge in [0.05, 0.1) is 29.1 Å². The van der Waals surface area contributed by atoms with Gasteiger partial charge < -0.3 is 9.80 Å². The lowest BCUT2D eigenvalue weighted by atomic mass is 9.88. The van der Waals surface area contributed by atoms with Crippen LogP contribution >= 0.6 is 0 Å². The van der Waals surface area contributed by atoms with Gasteiger partial charge in [-0.1, -0.05) is 157 Å². The topological polar surface area (TPSA) is 24.3 Å². The maximum absolute atomic E-state index is 8.23.